The fourth-order valence-corrected chi connectivity index (χ4v) is 5.33. The van der Waals surface area contributed by atoms with Crippen molar-refractivity contribution in [3.05, 3.63) is 41.3 Å². The first-order valence-corrected chi connectivity index (χ1v) is 10.0. The Morgan fingerprint density at radius 1 is 1.29 bits per heavy atom. The number of fused-ring (bicyclic) bond motifs is 5. The topological polar surface area (TPSA) is 105 Å². The van der Waals surface area contributed by atoms with Crippen molar-refractivity contribution in [3.63, 3.8) is 0 Å². The van der Waals surface area contributed by atoms with E-state index in [0.29, 0.717) is 10.9 Å². The minimum atomic E-state index is -0.769. The molecular weight excluding hydrogens is 380 g/mol. The minimum absolute atomic E-state index is 0.0914. The molecule has 144 valence electrons. The van der Waals surface area contributed by atoms with Crippen LogP contribution in [0.25, 0.3) is 0 Å². The summed E-state index contributed by atoms with van der Waals surface area (Å²) in [6.45, 7) is 1.79. The SMILES string of the molecule is Cc1nnc(NC(=O)CC(c2ccco2)N2C(=O)C3C4C=CC(C4)C3C2=O)s1. The number of nitrogens with zero attached hydrogens (tertiary/aromatic N) is 3. The van der Waals surface area contributed by atoms with E-state index in [1.165, 1.54) is 22.5 Å². The molecule has 5 rings (SSSR count). The second-order valence-electron chi connectivity index (χ2n) is 7.46. The first-order chi connectivity index (χ1) is 13.5. The average molecular weight is 398 g/mol. The fourth-order valence-electron chi connectivity index (χ4n) is 4.73. The van der Waals surface area contributed by atoms with Gasteiger partial charge in [-0.05, 0) is 37.3 Å². The number of nitrogens with one attached hydrogen (secondary N) is 1. The third-order valence-corrected chi connectivity index (χ3v) is 6.59. The summed E-state index contributed by atoms with van der Waals surface area (Å²) >= 11 is 1.26. The maximum absolute atomic E-state index is 13.1. The Balaban J connectivity index is 1.41. The molecular formula is C19H18N4O4S. The van der Waals surface area contributed by atoms with Gasteiger partial charge in [0.2, 0.25) is 22.9 Å². The molecule has 5 unspecified atom stereocenters. The molecule has 0 spiro atoms. The van der Waals surface area contributed by atoms with Gasteiger partial charge in [0.25, 0.3) is 0 Å². The van der Waals surface area contributed by atoms with Gasteiger partial charge in [-0.15, -0.1) is 10.2 Å². The van der Waals surface area contributed by atoms with E-state index >= 15 is 0 Å². The van der Waals surface area contributed by atoms with Crippen LogP contribution in [0.2, 0.25) is 0 Å². The van der Waals surface area contributed by atoms with Gasteiger partial charge in [-0.3, -0.25) is 19.3 Å². The van der Waals surface area contributed by atoms with E-state index in [9.17, 15) is 14.4 Å². The van der Waals surface area contributed by atoms with Crippen LogP contribution in [0.4, 0.5) is 5.13 Å². The number of aryl methyl sites for hydroxylation is 1. The van der Waals surface area contributed by atoms with E-state index in [0.717, 1.165) is 11.4 Å². The first kappa shape index (κ1) is 17.3. The standard InChI is InChI=1S/C19H18N4O4S/c1-9-21-22-19(28-9)20-14(24)8-12(13-3-2-6-27-13)23-17(25)15-10-4-5-11(7-10)16(15)18(23)26/h2-6,10-12,15-16H,7-8H2,1H3,(H,20,22,24). The maximum atomic E-state index is 13.1. The lowest BCUT2D eigenvalue weighted by molar-refractivity contribution is -0.144. The molecule has 3 aliphatic rings. The number of amides is 3. The Morgan fingerprint density at radius 3 is 2.57 bits per heavy atom. The van der Waals surface area contributed by atoms with Crippen molar-refractivity contribution >= 4 is 34.2 Å². The lowest BCUT2D eigenvalue weighted by atomic mass is 9.85. The van der Waals surface area contributed by atoms with Gasteiger partial charge >= 0.3 is 0 Å². The van der Waals surface area contributed by atoms with Crippen LogP contribution in [-0.2, 0) is 14.4 Å². The number of aromatic nitrogens is 2. The minimum Gasteiger partial charge on any atom is -0.467 e. The van der Waals surface area contributed by atoms with Gasteiger partial charge in [0.1, 0.15) is 16.8 Å². The molecule has 0 radical (unpaired) electrons. The van der Waals surface area contributed by atoms with Gasteiger partial charge in [-0.1, -0.05) is 23.5 Å². The molecule has 9 heteroatoms. The number of imide groups is 1. The Morgan fingerprint density at radius 2 is 2.00 bits per heavy atom. The van der Waals surface area contributed by atoms with Crippen LogP contribution in [0.5, 0.6) is 0 Å². The number of likely N-dealkylation sites (tertiary alicyclic amines) is 1. The second kappa shape index (κ2) is 6.37. The predicted octanol–water partition coefficient (Wildman–Crippen LogP) is 2.32. The molecule has 1 saturated carbocycles. The molecule has 0 aromatic carbocycles. The van der Waals surface area contributed by atoms with Crippen LogP contribution in [0.15, 0.2) is 35.0 Å². The van der Waals surface area contributed by atoms with Crippen molar-refractivity contribution in [2.45, 2.75) is 25.8 Å². The monoisotopic (exact) mass is 398 g/mol. The Labute approximate surface area is 164 Å². The van der Waals surface area contributed by atoms with Crippen molar-refractivity contribution in [2.75, 3.05) is 5.32 Å². The van der Waals surface area contributed by atoms with Crippen LogP contribution in [-0.4, -0.2) is 32.8 Å². The van der Waals surface area contributed by atoms with E-state index in [4.69, 9.17) is 4.42 Å². The van der Waals surface area contributed by atoms with E-state index < -0.39 is 6.04 Å². The second-order valence-corrected chi connectivity index (χ2v) is 8.64. The van der Waals surface area contributed by atoms with Gasteiger partial charge in [0.15, 0.2) is 0 Å². The molecule has 1 aliphatic heterocycles. The smallest absolute Gasteiger partial charge is 0.234 e. The molecule has 3 heterocycles. The first-order valence-electron chi connectivity index (χ1n) is 9.21. The highest BCUT2D eigenvalue weighted by atomic mass is 32.1. The van der Waals surface area contributed by atoms with Gasteiger partial charge in [-0.25, -0.2) is 0 Å². The summed E-state index contributed by atoms with van der Waals surface area (Å²) in [5.74, 6) is -0.719. The Hall–Kier alpha value is -2.81. The van der Waals surface area contributed by atoms with Crippen molar-refractivity contribution in [1.82, 2.24) is 15.1 Å². The molecule has 5 atom stereocenters. The van der Waals surface area contributed by atoms with Gasteiger partial charge in [0, 0.05) is 0 Å². The normalized spacial score (nSPS) is 28.8. The number of furan rings is 1. The highest BCUT2D eigenvalue weighted by Crippen LogP contribution is 2.54. The molecule has 3 amide bonds. The molecule has 1 saturated heterocycles. The van der Waals surface area contributed by atoms with E-state index in [2.05, 4.69) is 15.5 Å². The lowest BCUT2D eigenvalue weighted by Crippen LogP contribution is -2.38. The third kappa shape index (κ3) is 2.61. The molecule has 2 aromatic rings. The molecule has 8 nitrogen and oxygen atoms in total. The van der Waals surface area contributed by atoms with Crippen LogP contribution >= 0.6 is 11.3 Å². The summed E-state index contributed by atoms with van der Waals surface area (Å²) in [6, 6.07) is 2.61. The molecule has 2 aromatic heterocycles. The van der Waals surface area contributed by atoms with Crippen molar-refractivity contribution in [1.29, 1.82) is 0 Å². The summed E-state index contributed by atoms with van der Waals surface area (Å²) < 4.78 is 5.48. The lowest BCUT2D eigenvalue weighted by Gasteiger charge is -2.25. The molecule has 28 heavy (non-hydrogen) atoms. The van der Waals surface area contributed by atoms with E-state index in [1.807, 2.05) is 12.2 Å². The molecule has 1 N–H and O–H groups in total. The zero-order chi connectivity index (χ0) is 19.4. The Kier molecular flexibility index (Phi) is 3.94. The number of hydrogen-bond donors (Lipinski definition) is 1. The number of hydrogen-bond acceptors (Lipinski definition) is 7. The highest BCUT2D eigenvalue weighted by molar-refractivity contribution is 7.15. The third-order valence-electron chi connectivity index (χ3n) is 5.84. The quantitative estimate of drug-likeness (QED) is 0.612. The zero-order valence-corrected chi connectivity index (χ0v) is 15.9. The average Bonchev–Trinajstić information content (AvgIpc) is 3.45. The molecule has 2 bridgehead atoms. The summed E-state index contributed by atoms with van der Waals surface area (Å²) in [7, 11) is 0. The number of allylic oxidation sites excluding steroid dienone is 2. The summed E-state index contributed by atoms with van der Waals surface area (Å²) in [6.07, 6.45) is 6.35. The van der Waals surface area contributed by atoms with E-state index in [1.54, 1.807) is 19.1 Å². The number of carbonyl (C=O) groups is 3. The fraction of sp³-hybridized carbons (Fsp3) is 0.421. The van der Waals surface area contributed by atoms with Gasteiger partial charge in [0.05, 0.1) is 24.5 Å². The highest BCUT2D eigenvalue weighted by Gasteiger charge is 2.60. The maximum Gasteiger partial charge on any atom is 0.234 e. The van der Waals surface area contributed by atoms with E-state index in [-0.39, 0.29) is 47.8 Å². The Bertz CT molecular complexity index is 952. The van der Waals surface area contributed by atoms with Gasteiger partial charge in [-0.2, -0.15) is 0 Å². The van der Waals surface area contributed by atoms with Crippen LogP contribution < -0.4 is 5.32 Å². The number of rotatable bonds is 5. The van der Waals surface area contributed by atoms with Crippen LogP contribution in [0.3, 0.4) is 0 Å². The molecule has 2 fully saturated rings. The molecule has 2 aliphatic carbocycles. The largest absolute Gasteiger partial charge is 0.467 e. The van der Waals surface area contributed by atoms with Gasteiger partial charge < -0.3 is 9.73 Å². The van der Waals surface area contributed by atoms with Crippen LogP contribution in [0, 0.1) is 30.6 Å². The van der Waals surface area contributed by atoms with Crippen molar-refractivity contribution < 1.29 is 18.8 Å². The number of carbonyl (C=O) groups excluding carboxylic acids is 3. The summed E-state index contributed by atoms with van der Waals surface area (Å²) in [5, 5.41) is 11.6. The number of anilines is 1. The van der Waals surface area contributed by atoms with Crippen molar-refractivity contribution in [2.24, 2.45) is 23.7 Å². The summed E-state index contributed by atoms with van der Waals surface area (Å²) in [5.41, 5.74) is 0. The van der Waals surface area contributed by atoms with Crippen LogP contribution in [0.1, 0.15) is 29.7 Å². The summed E-state index contributed by atoms with van der Waals surface area (Å²) in [4.78, 5) is 40.2. The predicted molar refractivity (Wildman–Crippen MR) is 98.9 cm³/mol. The zero-order valence-electron chi connectivity index (χ0n) is 15.1. The van der Waals surface area contributed by atoms with Crippen molar-refractivity contribution in [3.8, 4) is 0 Å².